The van der Waals surface area contributed by atoms with E-state index in [1.807, 2.05) is 25.1 Å². The smallest absolute Gasteiger partial charge is 0.344 e. The number of hydrogen-bond acceptors (Lipinski definition) is 2. The zero-order valence-corrected chi connectivity index (χ0v) is 10.1. The lowest BCUT2D eigenvalue weighted by molar-refractivity contribution is -0.144. The third-order valence-electron chi connectivity index (χ3n) is 1.80. The van der Waals surface area contributed by atoms with Crippen molar-refractivity contribution in [2.45, 2.75) is 20.0 Å². The number of carboxylic acid groups (broad SMARTS) is 1. The number of ether oxygens (including phenoxy) is 1. The summed E-state index contributed by atoms with van der Waals surface area (Å²) < 4.78 is 6.31. The number of halogens is 1. The summed E-state index contributed by atoms with van der Waals surface area (Å²) in [5.41, 5.74) is 0.943. The van der Waals surface area contributed by atoms with Crippen molar-refractivity contribution in [3.8, 4) is 5.75 Å². The van der Waals surface area contributed by atoms with Gasteiger partial charge in [0.05, 0.1) is 0 Å². The second-order valence-electron chi connectivity index (χ2n) is 3.01. The molecule has 0 bridgehead atoms. The summed E-state index contributed by atoms with van der Waals surface area (Å²) in [7, 11) is 0. The topological polar surface area (TPSA) is 46.5 Å². The number of benzene rings is 1. The second-order valence-corrected chi connectivity index (χ2v) is 4.25. The zero-order valence-electron chi connectivity index (χ0n) is 7.95. The molecule has 0 aliphatic carbocycles. The molecule has 1 unspecified atom stereocenters. The molecule has 0 amide bonds. The van der Waals surface area contributed by atoms with Gasteiger partial charge < -0.3 is 9.84 Å². The SMILES string of the molecule is Cc1ccc(I)cc1OC(C)C(=O)O. The molecule has 1 atom stereocenters. The lowest BCUT2D eigenvalue weighted by atomic mass is 10.2. The Morgan fingerprint density at radius 3 is 2.79 bits per heavy atom. The molecule has 0 saturated carbocycles. The van der Waals surface area contributed by atoms with Crippen LogP contribution in [0.3, 0.4) is 0 Å². The summed E-state index contributed by atoms with van der Waals surface area (Å²) in [6.45, 7) is 3.40. The number of carbonyl (C=O) groups is 1. The van der Waals surface area contributed by atoms with Gasteiger partial charge in [-0.25, -0.2) is 4.79 Å². The van der Waals surface area contributed by atoms with Gasteiger partial charge in [0.2, 0.25) is 0 Å². The van der Waals surface area contributed by atoms with Crippen LogP contribution in [-0.4, -0.2) is 17.2 Å². The lowest BCUT2D eigenvalue weighted by Gasteiger charge is -2.12. The van der Waals surface area contributed by atoms with Crippen LogP contribution in [0, 0.1) is 10.5 Å². The van der Waals surface area contributed by atoms with E-state index in [4.69, 9.17) is 9.84 Å². The highest BCUT2D eigenvalue weighted by Crippen LogP contribution is 2.21. The molecule has 0 aromatic heterocycles. The maximum atomic E-state index is 10.6. The Labute approximate surface area is 96.2 Å². The maximum Gasteiger partial charge on any atom is 0.344 e. The Hall–Kier alpha value is -0.780. The monoisotopic (exact) mass is 306 g/mol. The molecule has 1 rings (SSSR count). The molecule has 0 heterocycles. The van der Waals surface area contributed by atoms with Gasteiger partial charge in [-0.15, -0.1) is 0 Å². The molecule has 76 valence electrons. The van der Waals surface area contributed by atoms with Crippen LogP contribution < -0.4 is 4.74 Å². The summed E-state index contributed by atoms with van der Waals surface area (Å²) in [6, 6.07) is 5.69. The van der Waals surface area contributed by atoms with Crippen molar-refractivity contribution in [1.29, 1.82) is 0 Å². The first-order valence-electron chi connectivity index (χ1n) is 4.16. The van der Waals surface area contributed by atoms with Crippen molar-refractivity contribution in [3.05, 3.63) is 27.3 Å². The van der Waals surface area contributed by atoms with Crippen molar-refractivity contribution in [2.75, 3.05) is 0 Å². The summed E-state index contributed by atoms with van der Waals surface area (Å²) >= 11 is 2.16. The Bertz CT molecular complexity index is 349. The van der Waals surface area contributed by atoms with E-state index in [1.54, 1.807) is 0 Å². The quantitative estimate of drug-likeness (QED) is 0.873. The minimum Gasteiger partial charge on any atom is -0.479 e. The first-order valence-corrected chi connectivity index (χ1v) is 5.24. The van der Waals surface area contributed by atoms with Gasteiger partial charge in [0.15, 0.2) is 6.10 Å². The van der Waals surface area contributed by atoms with E-state index < -0.39 is 12.1 Å². The van der Waals surface area contributed by atoms with Crippen LogP contribution in [0.2, 0.25) is 0 Å². The summed E-state index contributed by atoms with van der Waals surface area (Å²) in [6.07, 6.45) is -0.813. The number of aliphatic carboxylic acids is 1. The van der Waals surface area contributed by atoms with Crippen LogP contribution in [0.5, 0.6) is 5.75 Å². The van der Waals surface area contributed by atoms with Gasteiger partial charge in [0.1, 0.15) is 5.75 Å². The molecule has 14 heavy (non-hydrogen) atoms. The van der Waals surface area contributed by atoms with E-state index >= 15 is 0 Å². The Morgan fingerprint density at radius 1 is 1.57 bits per heavy atom. The van der Waals surface area contributed by atoms with Crippen LogP contribution in [0.4, 0.5) is 0 Å². The standard InChI is InChI=1S/C10H11IO3/c1-6-3-4-8(11)5-9(6)14-7(2)10(12)13/h3-5,7H,1-2H3,(H,12,13). The first kappa shape index (κ1) is 11.3. The van der Waals surface area contributed by atoms with Crippen LogP contribution >= 0.6 is 22.6 Å². The predicted octanol–water partition coefficient (Wildman–Crippen LogP) is 2.45. The fourth-order valence-corrected chi connectivity index (χ4v) is 1.40. The Morgan fingerprint density at radius 2 is 2.21 bits per heavy atom. The molecule has 1 aromatic carbocycles. The molecule has 1 aromatic rings. The predicted molar refractivity (Wildman–Crippen MR) is 61.6 cm³/mol. The first-order chi connectivity index (χ1) is 6.50. The summed E-state index contributed by atoms with van der Waals surface area (Å²) in [5, 5.41) is 8.68. The van der Waals surface area contributed by atoms with Crippen LogP contribution in [0.1, 0.15) is 12.5 Å². The largest absolute Gasteiger partial charge is 0.479 e. The number of aryl methyl sites for hydroxylation is 1. The summed E-state index contributed by atoms with van der Waals surface area (Å²) in [5.74, 6) is -0.324. The van der Waals surface area contributed by atoms with E-state index in [2.05, 4.69) is 22.6 Å². The van der Waals surface area contributed by atoms with Crippen LogP contribution in [0.25, 0.3) is 0 Å². The van der Waals surface area contributed by atoms with Crippen molar-refractivity contribution in [1.82, 2.24) is 0 Å². The van der Waals surface area contributed by atoms with Gasteiger partial charge in [0, 0.05) is 3.57 Å². The molecular formula is C10H11IO3. The summed E-state index contributed by atoms with van der Waals surface area (Å²) in [4.78, 5) is 10.6. The molecule has 0 aliphatic heterocycles. The number of hydrogen-bond donors (Lipinski definition) is 1. The van der Waals surface area contributed by atoms with Crippen molar-refractivity contribution >= 4 is 28.6 Å². The fraction of sp³-hybridized carbons (Fsp3) is 0.300. The molecule has 3 nitrogen and oxygen atoms in total. The highest BCUT2D eigenvalue weighted by Gasteiger charge is 2.13. The van der Waals surface area contributed by atoms with Crippen molar-refractivity contribution < 1.29 is 14.6 Å². The molecule has 4 heteroatoms. The van der Waals surface area contributed by atoms with Gasteiger partial charge in [0.25, 0.3) is 0 Å². The van der Waals surface area contributed by atoms with Gasteiger partial charge in [-0.1, -0.05) is 6.07 Å². The van der Waals surface area contributed by atoms with Gasteiger partial charge in [-0.05, 0) is 54.1 Å². The minimum atomic E-state index is -0.955. The highest BCUT2D eigenvalue weighted by molar-refractivity contribution is 14.1. The van der Waals surface area contributed by atoms with Crippen LogP contribution in [0.15, 0.2) is 18.2 Å². The highest BCUT2D eigenvalue weighted by atomic mass is 127. The number of carboxylic acids is 1. The van der Waals surface area contributed by atoms with E-state index in [0.29, 0.717) is 5.75 Å². The lowest BCUT2D eigenvalue weighted by Crippen LogP contribution is -2.23. The molecule has 0 saturated heterocycles. The molecular weight excluding hydrogens is 295 g/mol. The molecule has 0 aliphatic rings. The number of rotatable bonds is 3. The molecule has 1 N–H and O–H groups in total. The van der Waals surface area contributed by atoms with Gasteiger partial charge >= 0.3 is 5.97 Å². The average Bonchev–Trinajstić information content (AvgIpc) is 2.11. The third-order valence-corrected chi connectivity index (χ3v) is 2.47. The van der Waals surface area contributed by atoms with Crippen molar-refractivity contribution in [2.24, 2.45) is 0 Å². The second kappa shape index (κ2) is 4.63. The van der Waals surface area contributed by atoms with Crippen molar-refractivity contribution in [3.63, 3.8) is 0 Å². The van der Waals surface area contributed by atoms with E-state index in [9.17, 15) is 4.79 Å². The van der Waals surface area contributed by atoms with Gasteiger partial charge in [-0.3, -0.25) is 0 Å². The van der Waals surface area contributed by atoms with E-state index in [0.717, 1.165) is 9.13 Å². The minimum absolute atomic E-state index is 0.631. The Kier molecular flexibility index (Phi) is 3.74. The third kappa shape index (κ3) is 2.87. The fourth-order valence-electron chi connectivity index (χ4n) is 0.942. The molecule has 0 fully saturated rings. The molecule has 0 radical (unpaired) electrons. The van der Waals surface area contributed by atoms with Crippen LogP contribution in [-0.2, 0) is 4.79 Å². The Balaban J connectivity index is 2.85. The van der Waals surface area contributed by atoms with Gasteiger partial charge in [-0.2, -0.15) is 0 Å². The average molecular weight is 306 g/mol. The van der Waals surface area contributed by atoms with E-state index in [1.165, 1.54) is 6.92 Å². The maximum absolute atomic E-state index is 10.6. The van der Waals surface area contributed by atoms with E-state index in [-0.39, 0.29) is 0 Å². The molecule has 0 spiro atoms. The normalized spacial score (nSPS) is 12.2. The zero-order chi connectivity index (χ0) is 10.7.